The number of nitrogens with zero attached hydrogens (tertiary/aromatic N) is 4. The third-order valence-electron chi connectivity index (χ3n) is 5.73. The number of fused-ring (bicyclic) bond motifs is 2. The zero-order valence-corrected chi connectivity index (χ0v) is 14.7. The highest BCUT2D eigenvalue weighted by Crippen LogP contribution is 2.28. The Labute approximate surface area is 142 Å². The Balaban J connectivity index is 1.63. The Morgan fingerprint density at radius 3 is 2.50 bits per heavy atom. The predicted octanol–water partition coefficient (Wildman–Crippen LogP) is 1.66. The molecule has 0 aliphatic carbocycles. The fourth-order valence-electron chi connectivity index (χ4n) is 4.24. The molecule has 0 aromatic carbocycles. The second-order valence-electron chi connectivity index (χ2n) is 7.25. The van der Waals surface area contributed by atoms with Gasteiger partial charge in [0.15, 0.2) is 5.65 Å². The summed E-state index contributed by atoms with van der Waals surface area (Å²) >= 11 is 0. The molecule has 0 saturated carbocycles. The van der Waals surface area contributed by atoms with Crippen molar-refractivity contribution in [3.05, 3.63) is 23.0 Å². The van der Waals surface area contributed by atoms with Crippen LogP contribution in [-0.2, 0) is 7.05 Å². The van der Waals surface area contributed by atoms with Gasteiger partial charge in [-0.15, -0.1) is 0 Å². The normalized spacial score (nSPS) is 24.2. The van der Waals surface area contributed by atoms with Gasteiger partial charge < -0.3 is 10.2 Å². The molecule has 0 bridgehead atoms. The molecule has 2 aliphatic heterocycles. The molecule has 24 heavy (non-hydrogen) atoms. The van der Waals surface area contributed by atoms with E-state index in [-0.39, 0.29) is 5.91 Å². The smallest absolute Gasteiger partial charge is 0.255 e. The van der Waals surface area contributed by atoms with Crippen molar-refractivity contribution in [1.29, 1.82) is 0 Å². The highest BCUT2D eigenvalue weighted by molar-refractivity contribution is 5.98. The number of pyridine rings is 1. The summed E-state index contributed by atoms with van der Waals surface area (Å²) in [5, 5.41) is 8.88. The Kier molecular flexibility index (Phi) is 3.79. The largest absolute Gasteiger partial charge is 0.339 e. The van der Waals surface area contributed by atoms with Gasteiger partial charge in [0, 0.05) is 25.5 Å². The van der Waals surface area contributed by atoms with Crippen LogP contribution < -0.4 is 5.32 Å². The molecule has 6 nitrogen and oxygen atoms in total. The number of carbonyl (C=O) groups is 1. The van der Waals surface area contributed by atoms with E-state index in [1.165, 1.54) is 0 Å². The highest BCUT2D eigenvalue weighted by Gasteiger charge is 2.32. The molecule has 2 saturated heterocycles. The van der Waals surface area contributed by atoms with Crippen molar-refractivity contribution in [2.45, 2.75) is 26.7 Å². The van der Waals surface area contributed by atoms with Gasteiger partial charge in [0.1, 0.15) is 0 Å². The number of aryl methyl sites for hydroxylation is 3. The highest BCUT2D eigenvalue weighted by atomic mass is 16.2. The van der Waals surface area contributed by atoms with Crippen LogP contribution in [0.15, 0.2) is 6.07 Å². The average Bonchev–Trinajstić information content (AvgIpc) is 3.05. The van der Waals surface area contributed by atoms with Crippen LogP contribution in [0, 0.1) is 25.7 Å². The maximum absolute atomic E-state index is 13.1. The third-order valence-corrected chi connectivity index (χ3v) is 5.73. The van der Waals surface area contributed by atoms with Gasteiger partial charge in [0.25, 0.3) is 5.91 Å². The van der Waals surface area contributed by atoms with Gasteiger partial charge in [-0.3, -0.25) is 9.48 Å². The van der Waals surface area contributed by atoms with E-state index in [2.05, 4.69) is 15.4 Å². The molecule has 1 N–H and O–H groups in total. The van der Waals surface area contributed by atoms with Crippen molar-refractivity contribution in [3.8, 4) is 0 Å². The lowest BCUT2D eigenvalue weighted by molar-refractivity contribution is 0.0757. The van der Waals surface area contributed by atoms with Gasteiger partial charge in [0.05, 0.1) is 17.0 Å². The zero-order valence-electron chi connectivity index (χ0n) is 14.7. The summed E-state index contributed by atoms with van der Waals surface area (Å²) in [6.07, 6.45) is 2.20. The Hall–Kier alpha value is -1.95. The Morgan fingerprint density at radius 1 is 1.17 bits per heavy atom. The zero-order chi connectivity index (χ0) is 16.8. The Bertz CT molecular complexity index is 782. The number of amides is 1. The fourth-order valence-corrected chi connectivity index (χ4v) is 4.24. The van der Waals surface area contributed by atoms with E-state index in [1.54, 1.807) is 4.68 Å². The lowest BCUT2D eigenvalue weighted by Crippen LogP contribution is -2.33. The number of nitrogens with one attached hydrogen (secondary N) is 1. The number of hydrogen-bond donors (Lipinski definition) is 1. The molecule has 2 atom stereocenters. The first-order valence-electron chi connectivity index (χ1n) is 8.85. The fraction of sp³-hybridized carbons (Fsp3) is 0.611. The van der Waals surface area contributed by atoms with E-state index in [9.17, 15) is 4.79 Å². The van der Waals surface area contributed by atoms with E-state index >= 15 is 0 Å². The molecule has 0 spiro atoms. The van der Waals surface area contributed by atoms with Crippen LogP contribution in [0.1, 0.15) is 34.6 Å². The van der Waals surface area contributed by atoms with Crippen molar-refractivity contribution in [2.75, 3.05) is 26.2 Å². The summed E-state index contributed by atoms with van der Waals surface area (Å²) in [6, 6.07) is 1.98. The summed E-state index contributed by atoms with van der Waals surface area (Å²) in [4.78, 5) is 19.8. The first kappa shape index (κ1) is 15.6. The molecule has 2 aromatic heterocycles. The molecule has 2 fully saturated rings. The summed E-state index contributed by atoms with van der Waals surface area (Å²) in [6.45, 7) is 7.80. The van der Waals surface area contributed by atoms with Crippen molar-refractivity contribution in [3.63, 3.8) is 0 Å². The van der Waals surface area contributed by atoms with Crippen LogP contribution in [-0.4, -0.2) is 51.8 Å². The minimum absolute atomic E-state index is 0.123. The van der Waals surface area contributed by atoms with Gasteiger partial charge in [-0.05, 0) is 57.7 Å². The van der Waals surface area contributed by atoms with E-state index < -0.39 is 0 Å². The van der Waals surface area contributed by atoms with Crippen LogP contribution in [0.2, 0.25) is 0 Å². The third kappa shape index (κ3) is 2.49. The van der Waals surface area contributed by atoms with Crippen LogP contribution in [0.25, 0.3) is 11.0 Å². The minimum Gasteiger partial charge on any atom is -0.339 e. The van der Waals surface area contributed by atoms with Gasteiger partial charge >= 0.3 is 0 Å². The monoisotopic (exact) mass is 327 g/mol. The predicted molar refractivity (Wildman–Crippen MR) is 93.0 cm³/mol. The molecule has 0 radical (unpaired) electrons. The number of carbonyl (C=O) groups excluding carboxylic acids is 1. The molecule has 2 aliphatic rings. The van der Waals surface area contributed by atoms with Crippen LogP contribution in [0.5, 0.6) is 0 Å². The molecule has 4 rings (SSSR count). The van der Waals surface area contributed by atoms with Gasteiger partial charge in [-0.25, -0.2) is 4.98 Å². The molecule has 128 valence electrons. The number of rotatable bonds is 1. The first-order chi connectivity index (χ1) is 11.5. The molecule has 6 heteroatoms. The van der Waals surface area contributed by atoms with Gasteiger partial charge in [-0.1, -0.05) is 0 Å². The maximum atomic E-state index is 13.1. The van der Waals surface area contributed by atoms with E-state index in [0.717, 1.165) is 78.8 Å². The van der Waals surface area contributed by atoms with Crippen LogP contribution in [0.3, 0.4) is 0 Å². The topological polar surface area (TPSA) is 63.1 Å². The molecule has 0 unspecified atom stereocenters. The lowest BCUT2D eigenvalue weighted by atomic mass is 9.92. The van der Waals surface area contributed by atoms with Gasteiger partial charge in [-0.2, -0.15) is 5.10 Å². The summed E-state index contributed by atoms with van der Waals surface area (Å²) in [5.74, 6) is 1.58. The van der Waals surface area contributed by atoms with Crippen LogP contribution in [0.4, 0.5) is 0 Å². The van der Waals surface area contributed by atoms with E-state index in [0.29, 0.717) is 0 Å². The lowest BCUT2D eigenvalue weighted by Gasteiger charge is -2.21. The number of likely N-dealkylation sites (tertiary alicyclic amines) is 1. The summed E-state index contributed by atoms with van der Waals surface area (Å²) in [5.41, 5.74) is 3.29. The summed E-state index contributed by atoms with van der Waals surface area (Å²) in [7, 11) is 1.89. The molecule has 4 heterocycles. The van der Waals surface area contributed by atoms with Crippen molar-refractivity contribution >= 4 is 16.9 Å². The minimum atomic E-state index is 0.123. The first-order valence-corrected chi connectivity index (χ1v) is 8.85. The van der Waals surface area contributed by atoms with Crippen molar-refractivity contribution < 1.29 is 4.79 Å². The molecule has 2 aromatic rings. The van der Waals surface area contributed by atoms with E-state index in [1.807, 2.05) is 31.9 Å². The van der Waals surface area contributed by atoms with E-state index in [4.69, 9.17) is 0 Å². The van der Waals surface area contributed by atoms with Crippen LogP contribution >= 0.6 is 0 Å². The molecular weight excluding hydrogens is 302 g/mol. The molecule has 1 amide bonds. The second-order valence-corrected chi connectivity index (χ2v) is 7.25. The quantitative estimate of drug-likeness (QED) is 0.865. The number of aromatic nitrogens is 3. The molecular formula is C18H25N5O. The average molecular weight is 327 g/mol. The van der Waals surface area contributed by atoms with Crippen molar-refractivity contribution in [2.24, 2.45) is 18.9 Å². The van der Waals surface area contributed by atoms with Crippen molar-refractivity contribution in [1.82, 2.24) is 25.0 Å². The standard InChI is InChI=1S/C18H25N5O/c1-11-16(8-15-12(2)21-22(3)17(15)20-11)18(24)23-6-4-13-9-19-10-14(13)5-7-23/h8,13-14,19H,4-7,9-10H2,1-3H3/t13-,14+. The maximum Gasteiger partial charge on any atom is 0.255 e. The second kappa shape index (κ2) is 5.84. The SMILES string of the molecule is Cc1nc2c(cc1C(=O)N1CC[C@@H]3CNC[C@@H]3CC1)c(C)nn2C. The van der Waals surface area contributed by atoms with Gasteiger partial charge in [0.2, 0.25) is 0 Å². The number of hydrogen-bond acceptors (Lipinski definition) is 4. The summed E-state index contributed by atoms with van der Waals surface area (Å²) < 4.78 is 1.78. The Morgan fingerprint density at radius 2 is 1.83 bits per heavy atom.